The van der Waals surface area contributed by atoms with Crippen molar-refractivity contribution in [3.63, 3.8) is 0 Å². The minimum atomic E-state index is -5.23. The van der Waals surface area contributed by atoms with Gasteiger partial charge in [-0.15, -0.1) is 0 Å². The first-order valence-electron chi connectivity index (χ1n) is 2.99. The van der Waals surface area contributed by atoms with Gasteiger partial charge in [-0.1, -0.05) is 0 Å². The van der Waals surface area contributed by atoms with Crippen LogP contribution >= 0.6 is 0 Å². The monoisotopic (exact) mass is 326 g/mol. The SMILES string of the molecule is [O]=[Re](=[O])(=[O])[CH2]c1ccccc1. The van der Waals surface area contributed by atoms with E-state index in [1.165, 1.54) is 0 Å². The molecule has 4 heteroatoms. The summed E-state index contributed by atoms with van der Waals surface area (Å²) >= 11 is -5.23. The molecule has 11 heavy (non-hydrogen) atoms. The molecule has 0 saturated carbocycles. The Bertz CT molecular complexity index is 358. The van der Waals surface area contributed by atoms with Crippen LogP contribution in [-0.4, -0.2) is 0 Å². The normalized spacial score (nSPS) is 11.3. The molecule has 0 unspecified atom stereocenters. The summed E-state index contributed by atoms with van der Waals surface area (Å²) in [5, 5.41) is 0. The molecule has 0 bridgehead atoms. The Balaban J connectivity index is 2.91. The van der Waals surface area contributed by atoms with Crippen LogP contribution in [0.2, 0.25) is 0 Å². The fourth-order valence-corrected chi connectivity index (χ4v) is 2.75. The topological polar surface area (TPSA) is 51.2 Å². The summed E-state index contributed by atoms with van der Waals surface area (Å²) in [6.45, 7) is 0. The maximum absolute atomic E-state index is 10.4. The van der Waals surface area contributed by atoms with Gasteiger partial charge in [0, 0.05) is 0 Å². The Morgan fingerprint density at radius 1 is 1.00 bits per heavy atom. The van der Waals surface area contributed by atoms with Crippen LogP contribution in [0, 0.1) is 0 Å². The Kier molecular flexibility index (Phi) is 2.38. The zero-order valence-electron chi connectivity index (χ0n) is 5.70. The summed E-state index contributed by atoms with van der Waals surface area (Å²) < 4.78 is 31.1. The van der Waals surface area contributed by atoms with Crippen LogP contribution in [-0.2, 0) is 30.7 Å². The Hall–Kier alpha value is -0.718. The van der Waals surface area contributed by atoms with Crippen LogP contribution in [0.3, 0.4) is 0 Å². The molecule has 0 saturated heterocycles. The summed E-state index contributed by atoms with van der Waals surface area (Å²) in [6.07, 6.45) is 0. The summed E-state index contributed by atoms with van der Waals surface area (Å²) in [5.74, 6) is 0. The van der Waals surface area contributed by atoms with E-state index in [1.54, 1.807) is 30.3 Å². The van der Waals surface area contributed by atoms with E-state index in [0.717, 1.165) is 0 Å². The van der Waals surface area contributed by atoms with Gasteiger partial charge in [-0.2, -0.15) is 0 Å². The van der Waals surface area contributed by atoms with Crippen molar-refractivity contribution in [3.05, 3.63) is 35.9 Å². The average molecular weight is 325 g/mol. The van der Waals surface area contributed by atoms with Crippen LogP contribution < -0.4 is 0 Å². The maximum atomic E-state index is 10.4. The summed E-state index contributed by atoms with van der Waals surface area (Å²) in [4.78, 5) is -0.305. The van der Waals surface area contributed by atoms with E-state index in [-0.39, 0.29) is 4.89 Å². The van der Waals surface area contributed by atoms with E-state index in [9.17, 15) is 10.4 Å². The third-order valence-corrected chi connectivity index (χ3v) is 3.45. The molecular weight excluding hydrogens is 318 g/mol. The number of benzene rings is 1. The number of hydrogen-bond donors (Lipinski definition) is 0. The van der Waals surface area contributed by atoms with Crippen LogP contribution in [0.25, 0.3) is 0 Å². The molecule has 1 aromatic carbocycles. The predicted octanol–water partition coefficient (Wildman–Crippen LogP) is 1.38. The van der Waals surface area contributed by atoms with Crippen LogP contribution in [0.5, 0.6) is 0 Å². The molecule has 0 N–H and O–H groups in total. The molecule has 0 fully saturated rings. The zero-order chi connectivity index (χ0) is 8.32. The van der Waals surface area contributed by atoms with Crippen molar-refractivity contribution in [2.75, 3.05) is 0 Å². The predicted molar refractivity (Wildman–Crippen MR) is 32.2 cm³/mol. The first-order valence-corrected chi connectivity index (χ1v) is 8.24. The average Bonchev–Trinajstić information content (AvgIpc) is 1.85. The Labute approximate surface area is 67.0 Å². The third kappa shape index (κ3) is 3.26. The number of rotatable bonds is 2. The van der Waals surface area contributed by atoms with Gasteiger partial charge in [0.1, 0.15) is 0 Å². The second-order valence-corrected chi connectivity index (χ2v) is 6.81. The molecule has 0 radical (unpaired) electrons. The molecule has 3 nitrogen and oxygen atoms in total. The summed E-state index contributed by atoms with van der Waals surface area (Å²) in [7, 11) is 0. The first-order chi connectivity index (χ1) is 5.08. The molecule has 0 spiro atoms. The van der Waals surface area contributed by atoms with Crippen molar-refractivity contribution in [3.8, 4) is 0 Å². The van der Waals surface area contributed by atoms with Gasteiger partial charge in [0.25, 0.3) is 0 Å². The van der Waals surface area contributed by atoms with Crippen molar-refractivity contribution in [1.82, 2.24) is 0 Å². The molecule has 0 aliphatic heterocycles. The summed E-state index contributed by atoms with van der Waals surface area (Å²) in [6, 6.07) is 8.48. The minimum absolute atomic E-state index is 0.305. The quantitative estimate of drug-likeness (QED) is 0.825. The Morgan fingerprint density at radius 2 is 1.55 bits per heavy atom. The molecule has 0 aliphatic rings. The van der Waals surface area contributed by atoms with E-state index in [2.05, 4.69) is 0 Å². The molecule has 1 rings (SSSR count). The second kappa shape index (κ2) is 3.12. The first kappa shape index (κ1) is 8.38. The molecule has 60 valence electrons. The number of hydrogen-bond acceptors (Lipinski definition) is 3. The van der Waals surface area contributed by atoms with E-state index < -0.39 is 15.4 Å². The molecule has 0 heterocycles. The summed E-state index contributed by atoms with van der Waals surface area (Å²) in [5.41, 5.74) is 0.583. The fraction of sp³-hybridized carbons (Fsp3) is 0.143. The van der Waals surface area contributed by atoms with Crippen molar-refractivity contribution < 1.29 is 25.8 Å². The van der Waals surface area contributed by atoms with Crippen LogP contribution in [0.15, 0.2) is 30.3 Å². The van der Waals surface area contributed by atoms with Gasteiger partial charge in [0.05, 0.1) is 0 Å². The van der Waals surface area contributed by atoms with Crippen LogP contribution in [0.4, 0.5) is 0 Å². The van der Waals surface area contributed by atoms with E-state index in [0.29, 0.717) is 5.56 Å². The van der Waals surface area contributed by atoms with Crippen molar-refractivity contribution in [2.45, 2.75) is 4.89 Å². The van der Waals surface area contributed by atoms with Crippen molar-refractivity contribution in [1.29, 1.82) is 0 Å². The molecule has 0 amide bonds. The van der Waals surface area contributed by atoms with E-state index >= 15 is 0 Å². The van der Waals surface area contributed by atoms with Gasteiger partial charge in [-0.05, 0) is 0 Å². The fourth-order valence-electron chi connectivity index (χ4n) is 0.756. The van der Waals surface area contributed by atoms with Gasteiger partial charge in [0.2, 0.25) is 0 Å². The third-order valence-electron chi connectivity index (χ3n) is 1.16. The molecule has 0 aromatic heterocycles. The molecular formula is C7H7O3Re. The Morgan fingerprint density at radius 3 is 2.00 bits per heavy atom. The van der Waals surface area contributed by atoms with Crippen molar-refractivity contribution >= 4 is 0 Å². The standard InChI is InChI=1S/C7H7.3O.Re/c1-7-5-3-2-4-6-7;;;;/h2-6H,1H2;;;;. The van der Waals surface area contributed by atoms with Crippen LogP contribution in [0.1, 0.15) is 5.56 Å². The molecule has 1 aromatic rings. The zero-order valence-corrected chi connectivity index (χ0v) is 8.41. The van der Waals surface area contributed by atoms with Crippen molar-refractivity contribution in [2.24, 2.45) is 0 Å². The van der Waals surface area contributed by atoms with Gasteiger partial charge < -0.3 is 0 Å². The molecule has 0 aliphatic carbocycles. The van der Waals surface area contributed by atoms with E-state index in [1.807, 2.05) is 0 Å². The molecule has 0 atom stereocenters. The van der Waals surface area contributed by atoms with Gasteiger partial charge in [-0.3, -0.25) is 0 Å². The second-order valence-electron chi connectivity index (χ2n) is 2.14. The van der Waals surface area contributed by atoms with Gasteiger partial charge in [0.15, 0.2) is 0 Å². The van der Waals surface area contributed by atoms with E-state index in [4.69, 9.17) is 0 Å². The van der Waals surface area contributed by atoms with Gasteiger partial charge >= 0.3 is 66.6 Å². The van der Waals surface area contributed by atoms with Gasteiger partial charge in [-0.25, -0.2) is 0 Å².